The van der Waals surface area contributed by atoms with Crippen molar-refractivity contribution < 1.29 is 18.3 Å². The molecule has 144 valence electrons. The second-order valence-electron chi connectivity index (χ2n) is 6.59. The largest absolute Gasteiger partial charge is 0.485 e. The monoisotopic (exact) mass is 375 g/mol. The summed E-state index contributed by atoms with van der Waals surface area (Å²) >= 11 is 0. The van der Waals surface area contributed by atoms with E-state index < -0.39 is 23.2 Å². The summed E-state index contributed by atoms with van der Waals surface area (Å²) in [5.74, 6) is -1.25. The third-order valence-electron chi connectivity index (χ3n) is 4.46. The van der Waals surface area contributed by atoms with E-state index in [0.717, 1.165) is 30.1 Å². The van der Waals surface area contributed by atoms with Crippen LogP contribution in [0.25, 0.3) is 0 Å². The van der Waals surface area contributed by atoms with Crippen LogP contribution >= 0.6 is 0 Å². The van der Waals surface area contributed by atoms with Crippen LogP contribution in [0.2, 0.25) is 0 Å². The van der Waals surface area contributed by atoms with E-state index in [1.165, 1.54) is 6.07 Å². The van der Waals surface area contributed by atoms with Gasteiger partial charge in [0.15, 0.2) is 0 Å². The second kappa shape index (κ2) is 8.35. The molecule has 0 aliphatic carbocycles. The number of hydrogen-bond donors (Lipinski definition) is 1. The molecule has 1 amide bonds. The lowest BCUT2D eigenvalue weighted by Gasteiger charge is -2.37. The van der Waals surface area contributed by atoms with E-state index in [2.05, 4.69) is 17.1 Å². The van der Waals surface area contributed by atoms with Crippen molar-refractivity contribution in [3.05, 3.63) is 54.1 Å². The van der Waals surface area contributed by atoms with Crippen LogP contribution < -0.4 is 15.0 Å². The molecule has 1 aliphatic rings. The van der Waals surface area contributed by atoms with Crippen LogP contribution in [0, 0.1) is 11.6 Å². The lowest BCUT2D eigenvalue weighted by molar-refractivity contribution is -0.117. The first-order chi connectivity index (χ1) is 13.0. The maximum absolute atomic E-state index is 13.6. The zero-order chi connectivity index (χ0) is 19.4. The summed E-state index contributed by atoms with van der Waals surface area (Å²) < 4.78 is 33.3. The number of nitrogens with one attached hydrogen (secondary N) is 1. The van der Waals surface area contributed by atoms with Gasteiger partial charge in [0.1, 0.15) is 29.2 Å². The molecule has 1 atom stereocenters. The van der Waals surface area contributed by atoms with Crippen LogP contribution in [-0.2, 0) is 4.79 Å². The van der Waals surface area contributed by atoms with Crippen molar-refractivity contribution in [1.29, 1.82) is 0 Å². The van der Waals surface area contributed by atoms with Crippen LogP contribution in [0.15, 0.2) is 42.5 Å². The Labute approximate surface area is 157 Å². The van der Waals surface area contributed by atoms with E-state index in [1.54, 1.807) is 11.9 Å². The Hall–Kier alpha value is -2.67. The van der Waals surface area contributed by atoms with Crippen LogP contribution in [0.4, 0.5) is 20.2 Å². The van der Waals surface area contributed by atoms with E-state index in [4.69, 9.17) is 4.74 Å². The Bertz CT molecular complexity index is 795. The minimum absolute atomic E-state index is 0.00139. The molecule has 3 rings (SSSR count). The molecule has 0 bridgehead atoms. The molecule has 1 unspecified atom stereocenters. The zero-order valence-electron chi connectivity index (χ0n) is 15.4. The lowest BCUT2D eigenvalue weighted by atomic mass is 10.2. The van der Waals surface area contributed by atoms with Crippen LogP contribution in [0.3, 0.4) is 0 Å². The molecule has 0 fully saturated rings. The third kappa shape index (κ3) is 4.54. The second-order valence-corrected chi connectivity index (χ2v) is 6.59. The first-order valence-corrected chi connectivity index (χ1v) is 8.91. The van der Waals surface area contributed by atoms with Gasteiger partial charge in [-0.25, -0.2) is 8.78 Å². The molecule has 0 radical (unpaired) electrons. The van der Waals surface area contributed by atoms with Gasteiger partial charge < -0.3 is 15.0 Å². The summed E-state index contributed by atoms with van der Waals surface area (Å²) in [7, 11) is 1.78. The number of fused-ring (bicyclic) bond motifs is 1. The van der Waals surface area contributed by atoms with E-state index in [-0.39, 0.29) is 12.6 Å². The van der Waals surface area contributed by atoms with Crippen molar-refractivity contribution in [3.8, 4) is 5.75 Å². The van der Waals surface area contributed by atoms with Gasteiger partial charge in [0.25, 0.3) is 0 Å². The summed E-state index contributed by atoms with van der Waals surface area (Å²) in [5, 5.41) is 2.30. The Morgan fingerprint density at radius 3 is 2.63 bits per heavy atom. The average Bonchev–Trinajstić information content (AvgIpc) is 2.64. The SMILES string of the molecule is CCN1CC(CN(C)CC(=O)Nc2c(F)cccc2F)Oc2ccccc21. The number of ether oxygens (including phenoxy) is 1. The van der Waals surface area contributed by atoms with E-state index >= 15 is 0 Å². The molecule has 0 spiro atoms. The van der Waals surface area contributed by atoms with Crippen LogP contribution in [0.5, 0.6) is 5.75 Å². The highest BCUT2D eigenvalue weighted by Gasteiger charge is 2.26. The highest BCUT2D eigenvalue weighted by atomic mass is 19.1. The molecule has 5 nitrogen and oxygen atoms in total. The number of carbonyl (C=O) groups is 1. The predicted molar refractivity (Wildman–Crippen MR) is 101 cm³/mol. The standard InChI is InChI=1S/C20H23F2N3O2/c1-3-25-12-14(27-18-10-5-4-9-17(18)25)11-24(2)13-19(26)23-20-15(21)7-6-8-16(20)22/h4-10,14H,3,11-13H2,1-2H3,(H,23,26). The fourth-order valence-corrected chi connectivity index (χ4v) is 3.23. The quantitative estimate of drug-likeness (QED) is 0.843. The summed E-state index contributed by atoms with van der Waals surface area (Å²) in [6.45, 7) is 4.16. The highest BCUT2D eigenvalue weighted by molar-refractivity contribution is 5.92. The first kappa shape index (κ1) is 19.1. The van der Waals surface area contributed by atoms with Gasteiger partial charge in [-0.2, -0.15) is 0 Å². The topological polar surface area (TPSA) is 44.8 Å². The van der Waals surface area contributed by atoms with Gasteiger partial charge in [-0.15, -0.1) is 0 Å². The zero-order valence-corrected chi connectivity index (χ0v) is 15.4. The number of carbonyl (C=O) groups excluding carboxylic acids is 1. The number of benzene rings is 2. The molecule has 27 heavy (non-hydrogen) atoms. The first-order valence-electron chi connectivity index (χ1n) is 8.91. The number of para-hydroxylation sites is 3. The molecule has 7 heteroatoms. The van der Waals surface area contributed by atoms with Gasteiger partial charge >= 0.3 is 0 Å². The number of hydrogen-bond acceptors (Lipinski definition) is 4. The summed E-state index contributed by atoms with van der Waals surface area (Å²) in [5.41, 5.74) is 0.641. The molecule has 2 aromatic carbocycles. The number of likely N-dealkylation sites (N-methyl/N-ethyl adjacent to an activating group) is 2. The summed E-state index contributed by atoms with van der Waals surface area (Å²) in [6.07, 6.45) is -0.108. The normalized spacial score (nSPS) is 16.0. The number of halogens is 2. The molecule has 1 aliphatic heterocycles. The minimum Gasteiger partial charge on any atom is -0.485 e. The number of anilines is 2. The molecule has 1 N–H and O–H groups in total. The number of amides is 1. The number of nitrogens with zero attached hydrogens (tertiary/aromatic N) is 2. The third-order valence-corrected chi connectivity index (χ3v) is 4.46. The predicted octanol–water partition coefficient (Wildman–Crippen LogP) is 3.12. The average molecular weight is 375 g/mol. The van der Waals surface area contributed by atoms with Crippen molar-refractivity contribution in [2.24, 2.45) is 0 Å². The van der Waals surface area contributed by atoms with Crippen molar-refractivity contribution >= 4 is 17.3 Å². The van der Waals surface area contributed by atoms with Gasteiger partial charge in [-0.1, -0.05) is 18.2 Å². The van der Waals surface area contributed by atoms with Crippen molar-refractivity contribution in [2.45, 2.75) is 13.0 Å². The minimum atomic E-state index is -0.795. The van der Waals surface area contributed by atoms with E-state index in [9.17, 15) is 13.6 Å². The molecular weight excluding hydrogens is 352 g/mol. The van der Waals surface area contributed by atoms with Gasteiger partial charge in [0.2, 0.25) is 5.91 Å². The van der Waals surface area contributed by atoms with Crippen molar-refractivity contribution in [1.82, 2.24) is 4.90 Å². The van der Waals surface area contributed by atoms with E-state index in [0.29, 0.717) is 13.1 Å². The van der Waals surface area contributed by atoms with Gasteiger partial charge in [0, 0.05) is 13.1 Å². The fraction of sp³-hybridized carbons (Fsp3) is 0.350. The molecule has 0 saturated carbocycles. The van der Waals surface area contributed by atoms with Gasteiger partial charge in [-0.3, -0.25) is 9.69 Å². The molecule has 2 aromatic rings. The van der Waals surface area contributed by atoms with Crippen molar-refractivity contribution in [3.63, 3.8) is 0 Å². The molecule has 0 aromatic heterocycles. The smallest absolute Gasteiger partial charge is 0.238 e. The molecule has 0 saturated heterocycles. The fourth-order valence-electron chi connectivity index (χ4n) is 3.23. The molecular formula is C20H23F2N3O2. The number of rotatable bonds is 6. The van der Waals surface area contributed by atoms with Crippen LogP contribution in [0.1, 0.15) is 6.92 Å². The summed E-state index contributed by atoms with van der Waals surface area (Å²) in [6, 6.07) is 11.3. The van der Waals surface area contributed by atoms with Crippen molar-refractivity contribution in [2.75, 3.05) is 43.4 Å². The van der Waals surface area contributed by atoms with Crippen LogP contribution in [-0.4, -0.2) is 50.1 Å². The molecule has 1 heterocycles. The van der Waals surface area contributed by atoms with Gasteiger partial charge in [0.05, 0.1) is 18.8 Å². The summed E-state index contributed by atoms with van der Waals surface area (Å²) in [4.78, 5) is 16.2. The Morgan fingerprint density at radius 2 is 1.93 bits per heavy atom. The Balaban J connectivity index is 1.58. The Kier molecular flexibility index (Phi) is 5.91. The maximum Gasteiger partial charge on any atom is 0.238 e. The van der Waals surface area contributed by atoms with E-state index in [1.807, 2.05) is 24.3 Å². The maximum atomic E-state index is 13.6. The van der Waals surface area contributed by atoms with Gasteiger partial charge in [-0.05, 0) is 38.2 Å². The Morgan fingerprint density at radius 1 is 1.22 bits per heavy atom. The highest BCUT2D eigenvalue weighted by Crippen LogP contribution is 2.32. The lowest BCUT2D eigenvalue weighted by Crippen LogP contribution is -2.46.